The van der Waals surface area contributed by atoms with Crippen molar-refractivity contribution < 1.29 is 4.74 Å². The second-order valence-electron chi connectivity index (χ2n) is 5.04. The molecule has 4 nitrogen and oxygen atoms in total. The highest BCUT2D eigenvalue weighted by molar-refractivity contribution is 5.16. The monoisotopic (exact) mass is 249 g/mol. The summed E-state index contributed by atoms with van der Waals surface area (Å²) in [5.41, 5.74) is 7.82. The Labute approximate surface area is 109 Å². The van der Waals surface area contributed by atoms with E-state index in [1.165, 1.54) is 24.8 Å². The fraction of sp³-hybridized carbons (Fsp3) is 0.643. The Hall–Kier alpha value is -0.970. The Balaban J connectivity index is 1.83. The molecule has 0 saturated carbocycles. The minimum Gasteiger partial charge on any atom is -0.377 e. The lowest BCUT2D eigenvalue weighted by molar-refractivity contribution is -0.00259. The maximum absolute atomic E-state index is 5.76. The molecule has 0 aliphatic carbocycles. The molecule has 1 aromatic rings. The molecule has 0 radical (unpaired) electrons. The Morgan fingerprint density at radius 2 is 2.39 bits per heavy atom. The van der Waals surface area contributed by atoms with E-state index in [0.29, 0.717) is 12.6 Å². The molecule has 1 saturated heterocycles. The zero-order chi connectivity index (χ0) is 12.8. The lowest BCUT2D eigenvalue weighted by Crippen LogP contribution is -2.33. The van der Waals surface area contributed by atoms with Gasteiger partial charge in [-0.05, 0) is 44.0 Å². The van der Waals surface area contributed by atoms with Gasteiger partial charge >= 0.3 is 0 Å². The zero-order valence-corrected chi connectivity index (χ0v) is 11.1. The van der Waals surface area contributed by atoms with E-state index in [4.69, 9.17) is 10.5 Å². The first kappa shape index (κ1) is 13.5. The molecule has 0 amide bonds. The predicted octanol–water partition coefficient (Wildman–Crippen LogP) is 1.54. The molecule has 2 rings (SSSR count). The van der Waals surface area contributed by atoms with Crippen LogP contribution in [0.4, 0.5) is 0 Å². The third kappa shape index (κ3) is 4.05. The van der Waals surface area contributed by atoms with Gasteiger partial charge in [-0.1, -0.05) is 0 Å². The molecule has 100 valence electrons. The quantitative estimate of drug-likeness (QED) is 0.860. The summed E-state index contributed by atoms with van der Waals surface area (Å²) in [6.07, 6.45) is 5.94. The first-order chi connectivity index (χ1) is 8.78. The molecule has 0 spiro atoms. The number of rotatable bonds is 5. The first-order valence-corrected chi connectivity index (χ1v) is 6.72. The molecule has 1 aliphatic heterocycles. The van der Waals surface area contributed by atoms with Crippen LogP contribution in [0.1, 0.15) is 30.5 Å². The first-order valence-electron chi connectivity index (χ1n) is 6.72. The standard InChI is InChI=1S/C14H23N3O/c1-17(11-14-4-2-3-7-18-14)10-12-5-6-16-13(8-12)9-15/h5-6,8,14H,2-4,7,9-11,15H2,1H3. The van der Waals surface area contributed by atoms with Gasteiger partial charge in [-0.25, -0.2) is 0 Å². The Kier molecular flexibility index (Phi) is 5.11. The number of ether oxygens (including phenoxy) is 1. The summed E-state index contributed by atoms with van der Waals surface area (Å²) in [7, 11) is 2.14. The fourth-order valence-electron chi connectivity index (χ4n) is 2.41. The summed E-state index contributed by atoms with van der Waals surface area (Å²) in [4.78, 5) is 6.52. The van der Waals surface area contributed by atoms with Crippen LogP contribution in [0, 0.1) is 0 Å². The van der Waals surface area contributed by atoms with E-state index in [-0.39, 0.29) is 0 Å². The van der Waals surface area contributed by atoms with E-state index in [9.17, 15) is 0 Å². The van der Waals surface area contributed by atoms with Crippen molar-refractivity contribution in [3.63, 3.8) is 0 Å². The largest absolute Gasteiger partial charge is 0.377 e. The van der Waals surface area contributed by atoms with E-state index in [0.717, 1.165) is 25.4 Å². The minimum atomic E-state index is 0.402. The van der Waals surface area contributed by atoms with Crippen molar-refractivity contribution >= 4 is 0 Å². The molecule has 4 heteroatoms. The number of nitrogens with two attached hydrogens (primary N) is 1. The Morgan fingerprint density at radius 3 is 3.11 bits per heavy atom. The summed E-state index contributed by atoms with van der Waals surface area (Å²) in [5, 5.41) is 0. The maximum atomic E-state index is 5.76. The summed E-state index contributed by atoms with van der Waals surface area (Å²) < 4.78 is 5.76. The van der Waals surface area contributed by atoms with Crippen molar-refractivity contribution in [3.8, 4) is 0 Å². The SMILES string of the molecule is CN(Cc1ccnc(CN)c1)CC1CCCCO1. The molecule has 0 bridgehead atoms. The van der Waals surface area contributed by atoms with Gasteiger partial charge in [0.1, 0.15) is 0 Å². The molecule has 1 atom stereocenters. The molecule has 1 fully saturated rings. The smallest absolute Gasteiger partial charge is 0.0702 e. The minimum absolute atomic E-state index is 0.402. The van der Waals surface area contributed by atoms with Crippen molar-refractivity contribution in [3.05, 3.63) is 29.6 Å². The van der Waals surface area contributed by atoms with Crippen LogP contribution in [0.2, 0.25) is 0 Å². The van der Waals surface area contributed by atoms with E-state index >= 15 is 0 Å². The summed E-state index contributed by atoms with van der Waals surface area (Å²) in [6, 6.07) is 4.13. The number of likely N-dealkylation sites (N-methyl/N-ethyl adjacent to an activating group) is 1. The summed E-state index contributed by atoms with van der Waals surface area (Å²) >= 11 is 0. The van der Waals surface area contributed by atoms with Crippen molar-refractivity contribution in [2.45, 2.75) is 38.5 Å². The van der Waals surface area contributed by atoms with Crippen LogP contribution in [-0.2, 0) is 17.8 Å². The number of hydrogen-bond donors (Lipinski definition) is 1. The second-order valence-corrected chi connectivity index (χ2v) is 5.04. The number of hydrogen-bond acceptors (Lipinski definition) is 4. The maximum Gasteiger partial charge on any atom is 0.0702 e. The molecular weight excluding hydrogens is 226 g/mol. The Morgan fingerprint density at radius 1 is 1.50 bits per heavy atom. The van der Waals surface area contributed by atoms with E-state index in [1.807, 2.05) is 6.20 Å². The summed E-state index contributed by atoms with van der Waals surface area (Å²) in [6.45, 7) is 3.35. The van der Waals surface area contributed by atoms with Gasteiger partial charge in [-0.2, -0.15) is 0 Å². The normalized spacial score (nSPS) is 20.3. The van der Waals surface area contributed by atoms with Crippen LogP contribution in [0.15, 0.2) is 18.3 Å². The molecule has 0 aromatic carbocycles. The van der Waals surface area contributed by atoms with Crippen molar-refractivity contribution in [2.24, 2.45) is 5.73 Å². The average molecular weight is 249 g/mol. The second kappa shape index (κ2) is 6.83. The third-order valence-electron chi connectivity index (χ3n) is 3.33. The number of pyridine rings is 1. The van der Waals surface area contributed by atoms with Gasteiger partial charge in [0.2, 0.25) is 0 Å². The zero-order valence-electron chi connectivity index (χ0n) is 11.1. The highest BCUT2D eigenvalue weighted by Crippen LogP contribution is 2.14. The van der Waals surface area contributed by atoms with E-state index in [2.05, 4.69) is 29.1 Å². The van der Waals surface area contributed by atoms with Crippen LogP contribution in [-0.4, -0.2) is 36.2 Å². The van der Waals surface area contributed by atoms with Gasteiger partial charge in [-0.3, -0.25) is 9.88 Å². The molecule has 2 heterocycles. The lowest BCUT2D eigenvalue weighted by atomic mass is 10.1. The van der Waals surface area contributed by atoms with Crippen molar-refractivity contribution in [1.29, 1.82) is 0 Å². The number of aromatic nitrogens is 1. The lowest BCUT2D eigenvalue weighted by Gasteiger charge is -2.27. The van der Waals surface area contributed by atoms with Gasteiger partial charge in [0, 0.05) is 32.4 Å². The molecule has 1 aliphatic rings. The van der Waals surface area contributed by atoms with Crippen molar-refractivity contribution in [2.75, 3.05) is 20.2 Å². The van der Waals surface area contributed by atoms with Crippen LogP contribution >= 0.6 is 0 Å². The van der Waals surface area contributed by atoms with Crippen LogP contribution in [0.5, 0.6) is 0 Å². The summed E-state index contributed by atoms with van der Waals surface area (Å²) in [5.74, 6) is 0. The number of nitrogens with zero attached hydrogens (tertiary/aromatic N) is 2. The Bertz CT molecular complexity index is 364. The predicted molar refractivity (Wildman–Crippen MR) is 72.1 cm³/mol. The van der Waals surface area contributed by atoms with Crippen LogP contribution in [0.3, 0.4) is 0 Å². The molecule has 1 aromatic heterocycles. The topological polar surface area (TPSA) is 51.4 Å². The van der Waals surface area contributed by atoms with Crippen molar-refractivity contribution in [1.82, 2.24) is 9.88 Å². The van der Waals surface area contributed by atoms with Crippen LogP contribution < -0.4 is 5.73 Å². The molecular formula is C14H23N3O. The van der Waals surface area contributed by atoms with E-state index in [1.54, 1.807) is 0 Å². The molecule has 18 heavy (non-hydrogen) atoms. The van der Waals surface area contributed by atoms with Gasteiger partial charge in [-0.15, -0.1) is 0 Å². The highest BCUT2D eigenvalue weighted by Gasteiger charge is 2.15. The van der Waals surface area contributed by atoms with Gasteiger partial charge in [0.15, 0.2) is 0 Å². The average Bonchev–Trinajstić information content (AvgIpc) is 2.40. The van der Waals surface area contributed by atoms with Gasteiger partial charge < -0.3 is 10.5 Å². The highest BCUT2D eigenvalue weighted by atomic mass is 16.5. The third-order valence-corrected chi connectivity index (χ3v) is 3.33. The fourth-order valence-corrected chi connectivity index (χ4v) is 2.41. The molecule has 1 unspecified atom stereocenters. The molecule has 2 N–H and O–H groups in total. The van der Waals surface area contributed by atoms with Gasteiger partial charge in [0.25, 0.3) is 0 Å². The van der Waals surface area contributed by atoms with E-state index < -0.39 is 0 Å². The van der Waals surface area contributed by atoms with Crippen LogP contribution in [0.25, 0.3) is 0 Å². The van der Waals surface area contributed by atoms with Gasteiger partial charge in [0.05, 0.1) is 11.8 Å².